The second kappa shape index (κ2) is 10.1. The first kappa shape index (κ1) is 20.1. The molecule has 0 aliphatic rings. The zero-order chi connectivity index (χ0) is 19.6. The highest BCUT2D eigenvalue weighted by Crippen LogP contribution is 2.15. The van der Waals surface area contributed by atoms with Crippen molar-refractivity contribution in [2.24, 2.45) is 10.8 Å². The molecule has 0 radical (unpaired) electrons. The lowest BCUT2D eigenvalue weighted by molar-refractivity contribution is -0.116. The van der Waals surface area contributed by atoms with E-state index >= 15 is 0 Å². The Hall–Kier alpha value is -3.20. The van der Waals surface area contributed by atoms with E-state index in [2.05, 4.69) is 15.8 Å². The molecule has 0 aliphatic carbocycles. The van der Waals surface area contributed by atoms with Crippen LogP contribution in [-0.2, 0) is 4.79 Å². The van der Waals surface area contributed by atoms with E-state index in [-0.39, 0.29) is 41.8 Å². The maximum absolute atomic E-state index is 12.2. The highest BCUT2D eigenvalue weighted by molar-refractivity contribution is 7.80. The molecule has 1 aromatic carbocycles. The van der Waals surface area contributed by atoms with Crippen LogP contribution < -0.4 is 21.2 Å². The number of anilines is 1. The number of benzene rings is 1. The predicted molar refractivity (Wildman–Crippen MR) is 106 cm³/mol. The van der Waals surface area contributed by atoms with Gasteiger partial charge in [0, 0.05) is 17.8 Å². The molecule has 0 unspecified atom stereocenters. The molecule has 8 nitrogen and oxygen atoms in total. The zero-order valence-electron chi connectivity index (χ0n) is 14.7. The van der Waals surface area contributed by atoms with Crippen molar-refractivity contribution >= 4 is 40.4 Å². The van der Waals surface area contributed by atoms with E-state index < -0.39 is 0 Å². The average Bonchev–Trinajstić information content (AvgIpc) is 3.19. The molecule has 2 rings (SSSR count). The monoisotopic (exact) mass is 388 g/mol. The van der Waals surface area contributed by atoms with Crippen LogP contribution in [0.15, 0.2) is 52.2 Å². The van der Waals surface area contributed by atoms with Gasteiger partial charge < -0.3 is 20.2 Å². The van der Waals surface area contributed by atoms with Crippen LogP contribution >= 0.6 is 12.2 Å². The van der Waals surface area contributed by atoms with Gasteiger partial charge in [0.1, 0.15) is 5.75 Å². The number of ether oxygens (including phenoxy) is 1. The molecule has 0 aliphatic heterocycles. The number of thiocarbonyl (C=S) groups is 1. The molecule has 4 N–H and O–H groups in total. The fourth-order valence-corrected chi connectivity index (χ4v) is 2.23. The first-order chi connectivity index (χ1) is 13.0. The van der Waals surface area contributed by atoms with Gasteiger partial charge in [-0.2, -0.15) is 5.10 Å². The summed E-state index contributed by atoms with van der Waals surface area (Å²) in [7, 11) is 1.57. The van der Waals surface area contributed by atoms with Crippen molar-refractivity contribution in [3.05, 3.63) is 48.4 Å². The number of nitrogens with zero attached hydrogens (tertiary/aromatic N) is 1. The van der Waals surface area contributed by atoms with Crippen molar-refractivity contribution in [1.82, 2.24) is 5.43 Å². The number of carbonyl (C=O) groups excluding carboxylic acids is 2. The lowest BCUT2D eigenvalue weighted by Gasteiger charge is -2.08. The molecular formula is C18H20N4O4S. The first-order valence-electron chi connectivity index (χ1n) is 8.09. The van der Waals surface area contributed by atoms with Gasteiger partial charge >= 0.3 is 0 Å². The molecule has 2 aromatic rings. The molecule has 0 spiro atoms. The number of rotatable bonds is 9. The topological polar surface area (TPSA) is 119 Å². The highest BCUT2D eigenvalue weighted by atomic mass is 32.1. The van der Waals surface area contributed by atoms with Crippen LogP contribution in [0.2, 0.25) is 0 Å². The van der Waals surface area contributed by atoms with Gasteiger partial charge in [-0.25, -0.2) is 0 Å². The number of ketones is 1. The summed E-state index contributed by atoms with van der Waals surface area (Å²) in [5, 5.41) is 6.76. The second-order valence-electron chi connectivity index (χ2n) is 5.51. The van der Waals surface area contributed by atoms with Crippen molar-refractivity contribution in [3.8, 4) is 5.75 Å². The third-order valence-electron chi connectivity index (χ3n) is 3.50. The molecule has 1 amide bonds. The molecular weight excluding hydrogens is 368 g/mol. The van der Waals surface area contributed by atoms with Crippen molar-refractivity contribution < 1.29 is 18.7 Å². The summed E-state index contributed by atoms with van der Waals surface area (Å²) in [6.45, 7) is 0. The van der Waals surface area contributed by atoms with Crippen LogP contribution in [0.4, 0.5) is 5.69 Å². The van der Waals surface area contributed by atoms with E-state index in [1.165, 1.54) is 6.26 Å². The number of hydrogen-bond donors (Lipinski definition) is 3. The SMILES string of the molecule is COc1ccc(NC(=O)CC/C(CC(=O)c2ccco2)=N/NC(N)=S)cc1. The normalized spacial score (nSPS) is 10.9. The molecule has 0 bridgehead atoms. The Morgan fingerprint density at radius 2 is 1.96 bits per heavy atom. The summed E-state index contributed by atoms with van der Waals surface area (Å²) >= 11 is 4.72. The molecule has 9 heteroatoms. The van der Waals surface area contributed by atoms with Gasteiger partial charge in [-0.3, -0.25) is 15.0 Å². The molecule has 0 atom stereocenters. The van der Waals surface area contributed by atoms with Crippen molar-refractivity contribution in [1.29, 1.82) is 0 Å². The molecule has 142 valence electrons. The molecule has 1 heterocycles. The number of methoxy groups -OCH3 is 1. The third kappa shape index (κ3) is 6.90. The first-order valence-corrected chi connectivity index (χ1v) is 8.50. The van der Waals surface area contributed by atoms with E-state index in [0.717, 1.165) is 0 Å². The number of hydrogen-bond acceptors (Lipinski definition) is 6. The number of nitrogens with two attached hydrogens (primary N) is 1. The maximum Gasteiger partial charge on any atom is 0.224 e. The Morgan fingerprint density at radius 3 is 2.56 bits per heavy atom. The van der Waals surface area contributed by atoms with Gasteiger partial charge in [0.25, 0.3) is 0 Å². The Morgan fingerprint density at radius 1 is 1.22 bits per heavy atom. The van der Waals surface area contributed by atoms with Crippen LogP contribution in [0.25, 0.3) is 0 Å². The minimum atomic E-state index is -0.251. The maximum atomic E-state index is 12.2. The van der Waals surface area contributed by atoms with Gasteiger partial charge in [0.2, 0.25) is 11.7 Å². The minimum Gasteiger partial charge on any atom is -0.497 e. The van der Waals surface area contributed by atoms with Crippen LogP contribution in [0.5, 0.6) is 5.75 Å². The van der Waals surface area contributed by atoms with Crippen LogP contribution in [0.3, 0.4) is 0 Å². The van der Waals surface area contributed by atoms with Gasteiger partial charge in [-0.15, -0.1) is 0 Å². The summed E-state index contributed by atoms with van der Waals surface area (Å²) in [6.07, 6.45) is 1.79. The molecule has 1 aromatic heterocycles. The van der Waals surface area contributed by atoms with Crippen LogP contribution in [-0.4, -0.2) is 29.6 Å². The summed E-state index contributed by atoms with van der Waals surface area (Å²) in [5.41, 5.74) is 8.90. The largest absolute Gasteiger partial charge is 0.497 e. The smallest absolute Gasteiger partial charge is 0.224 e. The number of hydrazone groups is 1. The lowest BCUT2D eigenvalue weighted by atomic mass is 10.1. The quantitative estimate of drug-likeness (QED) is 0.261. The Bertz CT molecular complexity index is 816. The van der Waals surface area contributed by atoms with E-state index in [1.807, 2.05) is 0 Å². The van der Waals surface area contributed by atoms with Gasteiger partial charge in [0.05, 0.1) is 19.8 Å². The van der Waals surface area contributed by atoms with Gasteiger partial charge in [-0.1, -0.05) is 0 Å². The van der Waals surface area contributed by atoms with E-state index in [0.29, 0.717) is 17.1 Å². The number of furan rings is 1. The number of Topliss-reactive ketones (excluding diaryl/α,β-unsaturated/α-hetero) is 1. The standard InChI is InChI=1S/C18H20N4O4S/c1-25-14-7-4-12(5-8-14)20-17(24)9-6-13(21-22-18(19)27)11-15(23)16-3-2-10-26-16/h2-5,7-8,10H,6,9,11H2,1H3,(H,20,24)(H3,19,22,27)/b21-13-. The summed E-state index contributed by atoms with van der Waals surface area (Å²) < 4.78 is 10.2. The Kier molecular flexibility index (Phi) is 7.50. The Balaban J connectivity index is 1.93. The summed E-state index contributed by atoms with van der Waals surface area (Å²) in [4.78, 5) is 24.3. The van der Waals surface area contributed by atoms with Gasteiger partial charge in [-0.05, 0) is 55.0 Å². The fourth-order valence-electron chi connectivity index (χ4n) is 2.18. The molecule has 0 saturated carbocycles. The minimum absolute atomic E-state index is 0.0149. The van der Waals surface area contributed by atoms with Crippen molar-refractivity contribution in [2.45, 2.75) is 19.3 Å². The van der Waals surface area contributed by atoms with E-state index in [4.69, 9.17) is 27.1 Å². The van der Waals surface area contributed by atoms with E-state index in [1.54, 1.807) is 43.5 Å². The molecule has 0 fully saturated rings. The lowest BCUT2D eigenvalue weighted by Crippen LogP contribution is -2.26. The van der Waals surface area contributed by atoms with Crippen LogP contribution in [0, 0.1) is 0 Å². The number of amides is 1. The average molecular weight is 388 g/mol. The molecule has 0 saturated heterocycles. The molecule has 27 heavy (non-hydrogen) atoms. The fraction of sp³-hybridized carbons (Fsp3) is 0.222. The van der Waals surface area contributed by atoms with Gasteiger partial charge in [0.15, 0.2) is 10.9 Å². The second-order valence-corrected chi connectivity index (χ2v) is 5.95. The third-order valence-corrected chi connectivity index (χ3v) is 3.59. The summed E-state index contributed by atoms with van der Waals surface area (Å²) in [6, 6.07) is 10.2. The predicted octanol–water partition coefficient (Wildman–Crippen LogP) is 2.47. The number of carbonyl (C=O) groups is 2. The van der Waals surface area contributed by atoms with E-state index in [9.17, 15) is 9.59 Å². The summed E-state index contributed by atoms with van der Waals surface area (Å²) in [5.74, 6) is 0.455. The zero-order valence-corrected chi connectivity index (χ0v) is 15.5. The Labute approximate surface area is 161 Å². The highest BCUT2D eigenvalue weighted by Gasteiger charge is 2.14. The number of nitrogens with one attached hydrogen (secondary N) is 2. The van der Waals surface area contributed by atoms with Crippen molar-refractivity contribution in [2.75, 3.05) is 12.4 Å². The van der Waals surface area contributed by atoms with Crippen LogP contribution in [0.1, 0.15) is 29.8 Å². The van der Waals surface area contributed by atoms with Crippen molar-refractivity contribution in [3.63, 3.8) is 0 Å².